The third-order valence-corrected chi connectivity index (χ3v) is 5.26. The lowest BCUT2D eigenvalue weighted by Gasteiger charge is -2.08. The van der Waals surface area contributed by atoms with Crippen LogP contribution in [-0.2, 0) is 0 Å². The Kier molecular flexibility index (Phi) is 3.79. The summed E-state index contributed by atoms with van der Waals surface area (Å²) in [5.41, 5.74) is 2.29. The van der Waals surface area contributed by atoms with E-state index in [0.29, 0.717) is 0 Å². The quantitative estimate of drug-likeness (QED) is 0.208. The summed E-state index contributed by atoms with van der Waals surface area (Å²) in [6.45, 7) is 3.94. The first kappa shape index (κ1) is 16.4. The lowest BCUT2D eigenvalue weighted by atomic mass is 9.96. The topological polar surface area (TPSA) is 0 Å². The summed E-state index contributed by atoms with van der Waals surface area (Å²) in [6.07, 6.45) is 0. The molecule has 0 spiro atoms. The number of hydrogen-bond acceptors (Lipinski definition) is 0. The first-order chi connectivity index (χ1) is 13.7. The first-order valence-electron chi connectivity index (χ1n) is 9.44. The standard InChI is InChI=1S/C28H18/c1-3-4-5-6-20-8-10-22-14-26-17-27-15-23-11-19(2)7-9-21(23)13-25(27)18-28(26)16-24(22)12-20/h7-18H,1-2H3. The van der Waals surface area contributed by atoms with Crippen molar-refractivity contribution in [2.45, 2.75) is 13.8 Å². The molecule has 0 atom stereocenters. The molecular weight excluding hydrogens is 336 g/mol. The predicted molar refractivity (Wildman–Crippen MR) is 122 cm³/mol. The molecule has 0 heteroatoms. The molecule has 0 bridgehead atoms. The van der Waals surface area contributed by atoms with Crippen LogP contribution in [0.5, 0.6) is 0 Å². The van der Waals surface area contributed by atoms with Gasteiger partial charge in [-0.15, -0.1) is 0 Å². The van der Waals surface area contributed by atoms with E-state index in [0.717, 1.165) is 5.56 Å². The van der Waals surface area contributed by atoms with E-state index in [1.165, 1.54) is 48.7 Å². The Balaban J connectivity index is 1.74. The monoisotopic (exact) mass is 354 g/mol. The average Bonchev–Trinajstić information content (AvgIpc) is 2.69. The molecule has 0 heterocycles. The van der Waals surface area contributed by atoms with Crippen molar-refractivity contribution in [3.63, 3.8) is 0 Å². The van der Waals surface area contributed by atoms with Crippen LogP contribution < -0.4 is 0 Å². The molecule has 0 saturated heterocycles. The van der Waals surface area contributed by atoms with Gasteiger partial charge in [0.15, 0.2) is 0 Å². The van der Waals surface area contributed by atoms with Gasteiger partial charge in [-0.3, -0.25) is 0 Å². The minimum Gasteiger partial charge on any atom is -0.0925 e. The molecule has 0 saturated carbocycles. The SMILES string of the molecule is CC#CC#Cc1ccc2cc3cc4cc5cc(C)ccc5cc4cc3cc2c1. The molecule has 5 aromatic carbocycles. The molecule has 0 aliphatic rings. The molecule has 0 radical (unpaired) electrons. The minimum absolute atomic E-state index is 0.997. The normalized spacial score (nSPS) is 10.6. The van der Waals surface area contributed by atoms with Crippen molar-refractivity contribution < 1.29 is 0 Å². The van der Waals surface area contributed by atoms with Gasteiger partial charge in [-0.05, 0) is 117 Å². The second kappa shape index (κ2) is 6.45. The fourth-order valence-electron chi connectivity index (χ4n) is 3.86. The summed E-state index contributed by atoms with van der Waals surface area (Å²) in [5.74, 6) is 11.6. The van der Waals surface area contributed by atoms with E-state index in [9.17, 15) is 0 Å². The Hall–Kier alpha value is -3.74. The Morgan fingerprint density at radius 3 is 1.61 bits per heavy atom. The summed E-state index contributed by atoms with van der Waals surface area (Å²) >= 11 is 0. The van der Waals surface area contributed by atoms with E-state index in [4.69, 9.17) is 0 Å². The molecule has 28 heavy (non-hydrogen) atoms. The molecule has 0 fully saturated rings. The lowest BCUT2D eigenvalue weighted by molar-refractivity contribution is 1.51. The Labute approximate surface area is 164 Å². The fourth-order valence-corrected chi connectivity index (χ4v) is 3.86. The minimum atomic E-state index is 0.997. The predicted octanol–water partition coefficient (Wildman–Crippen LogP) is 6.98. The van der Waals surface area contributed by atoms with Gasteiger partial charge in [0.2, 0.25) is 0 Å². The largest absolute Gasteiger partial charge is 0.0925 e. The molecule has 0 nitrogen and oxygen atoms in total. The maximum absolute atomic E-state index is 3.12. The average molecular weight is 354 g/mol. The zero-order valence-electron chi connectivity index (χ0n) is 15.9. The maximum Gasteiger partial charge on any atom is 0.0261 e. The van der Waals surface area contributed by atoms with Gasteiger partial charge in [0.05, 0.1) is 0 Å². The van der Waals surface area contributed by atoms with E-state index in [2.05, 4.69) is 103 Å². The summed E-state index contributed by atoms with van der Waals surface area (Å²) in [7, 11) is 0. The number of aryl methyl sites for hydroxylation is 1. The van der Waals surface area contributed by atoms with Crippen LogP contribution in [0.3, 0.4) is 0 Å². The smallest absolute Gasteiger partial charge is 0.0261 e. The van der Waals surface area contributed by atoms with Crippen LogP contribution in [0.2, 0.25) is 0 Å². The Bertz CT molecular complexity index is 1530. The summed E-state index contributed by atoms with van der Waals surface area (Å²) in [5, 5.41) is 10.1. The van der Waals surface area contributed by atoms with Crippen molar-refractivity contribution in [1.29, 1.82) is 0 Å². The molecular formula is C28H18. The summed E-state index contributed by atoms with van der Waals surface area (Å²) < 4.78 is 0. The molecule has 130 valence electrons. The summed E-state index contributed by atoms with van der Waals surface area (Å²) in [4.78, 5) is 0. The number of benzene rings is 5. The summed E-state index contributed by atoms with van der Waals surface area (Å²) in [6, 6.07) is 26.7. The first-order valence-corrected chi connectivity index (χ1v) is 9.44. The van der Waals surface area contributed by atoms with Gasteiger partial charge in [-0.2, -0.15) is 0 Å². The van der Waals surface area contributed by atoms with Crippen LogP contribution in [0.1, 0.15) is 18.1 Å². The van der Waals surface area contributed by atoms with Gasteiger partial charge in [-0.25, -0.2) is 0 Å². The van der Waals surface area contributed by atoms with Crippen molar-refractivity contribution in [3.8, 4) is 23.7 Å². The number of rotatable bonds is 0. The van der Waals surface area contributed by atoms with Crippen molar-refractivity contribution >= 4 is 43.1 Å². The number of hydrogen-bond donors (Lipinski definition) is 0. The van der Waals surface area contributed by atoms with E-state index >= 15 is 0 Å². The highest BCUT2D eigenvalue weighted by Gasteiger charge is 2.04. The number of fused-ring (bicyclic) bond motifs is 4. The lowest BCUT2D eigenvalue weighted by Crippen LogP contribution is -1.82. The van der Waals surface area contributed by atoms with Gasteiger partial charge < -0.3 is 0 Å². The van der Waals surface area contributed by atoms with Crippen LogP contribution in [0.15, 0.2) is 72.8 Å². The van der Waals surface area contributed by atoms with Gasteiger partial charge in [0, 0.05) is 5.56 Å². The van der Waals surface area contributed by atoms with Gasteiger partial charge >= 0.3 is 0 Å². The van der Waals surface area contributed by atoms with Crippen LogP contribution in [0, 0.1) is 30.6 Å². The highest BCUT2D eigenvalue weighted by molar-refractivity contribution is 6.08. The van der Waals surface area contributed by atoms with Crippen molar-refractivity contribution in [1.82, 2.24) is 0 Å². The van der Waals surface area contributed by atoms with Crippen LogP contribution >= 0.6 is 0 Å². The zero-order valence-corrected chi connectivity index (χ0v) is 15.9. The van der Waals surface area contributed by atoms with Gasteiger partial charge in [0.25, 0.3) is 0 Å². The van der Waals surface area contributed by atoms with Crippen molar-refractivity contribution in [2.24, 2.45) is 0 Å². The molecule has 0 aliphatic heterocycles. The Morgan fingerprint density at radius 1 is 0.500 bits per heavy atom. The van der Waals surface area contributed by atoms with Crippen molar-refractivity contribution in [3.05, 3.63) is 83.9 Å². The molecule has 5 rings (SSSR count). The third-order valence-electron chi connectivity index (χ3n) is 5.26. The van der Waals surface area contributed by atoms with E-state index in [1.807, 2.05) is 0 Å². The molecule has 0 aliphatic carbocycles. The second-order valence-electron chi connectivity index (χ2n) is 7.29. The molecule has 0 N–H and O–H groups in total. The maximum atomic E-state index is 3.12. The van der Waals surface area contributed by atoms with E-state index in [1.54, 1.807) is 6.92 Å². The Morgan fingerprint density at radius 2 is 1.00 bits per heavy atom. The zero-order chi connectivity index (χ0) is 19.1. The highest BCUT2D eigenvalue weighted by Crippen LogP contribution is 2.30. The van der Waals surface area contributed by atoms with Gasteiger partial charge in [-0.1, -0.05) is 41.7 Å². The molecule has 0 aromatic heterocycles. The highest BCUT2D eigenvalue weighted by atomic mass is 14.1. The van der Waals surface area contributed by atoms with Crippen LogP contribution in [0.4, 0.5) is 0 Å². The van der Waals surface area contributed by atoms with Gasteiger partial charge in [0.1, 0.15) is 0 Å². The van der Waals surface area contributed by atoms with Crippen LogP contribution in [0.25, 0.3) is 43.1 Å². The molecule has 5 aromatic rings. The fraction of sp³-hybridized carbons (Fsp3) is 0.0714. The molecule has 0 amide bonds. The molecule has 0 unspecified atom stereocenters. The second-order valence-corrected chi connectivity index (χ2v) is 7.29. The van der Waals surface area contributed by atoms with E-state index < -0.39 is 0 Å². The van der Waals surface area contributed by atoms with E-state index in [-0.39, 0.29) is 0 Å². The van der Waals surface area contributed by atoms with Crippen molar-refractivity contribution in [2.75, 3.05) is 0 Å². The third kappa shape index (κ3) is 2.87. The van der Waals surface area contributed by atoms with Crippen LogP contribution in [-0.4, -0.2) is 0 Å².